The van der Waals surface area contributed by atoms with Gasteiger partial charge in [-0.2, -0.15) is 0 Å². The number of carbonyl (C=O) groups excluding carboxylic acids is 1. The van der Waals surface area contributed by atoms with Crippen LogP contribution in [0.4, 0.5) is 4.79 Å². The van der Waals surface area contributed by atoms with E-state index in [0.717, 1.165) is 0 Å². The number of hydrogen-bond donors (Lipinski definition) is 3. The monoisotopic (exact) mass is 378 g/mol. The Hall–Kier alpha value is -1.51. The minimum absolute atomic E-state index is 0.130. The van der Waals surface area contributed by atoms with Crippen LogP contribution in [-0.2, 0) is 14.6 Å². The third kappa shape index (κ3) is 14.5. The molecular weight excluding hydrogens is 344 g/mol. The van der Waals surface area contributed by atoms with Crippen molar-refractivity contribution in [2.24, 2.45) is 4.99 Å². The Morgan fingerprint density at radius 3 is 2.20 bits per heavy atom. The highest BCUT2D eigenvalue weighted by Gasteiger charge is 2.24. The normalized spacial score (nSPS) is 13.3. The van der Waals surface area contributed by atoms with E-state index in [9.17, 15) is 13.2 Å². The number of nitrogens with zero attached hydrogens (tertiary/aromatic N) is 1. The third-order valence-electron chi connectivity index (χ3n) is 2.80. The Labute approximate surface area is 152 Å². The molecule has 0 aromatic heterocycles. The number of alkyl carbamates (subject to hydrolysis) is 1. The Balaban J connectivity index is 4.57. The van der Waals surface area contributed by atoms with Crippen LogP contribution in [0.25, 0.3) is 0 Å². The summed E-state index contributed by atoms with van der Waals surface area (Å²) in [6.07, 6.45) is 1.23. The molecule has 148 valence electrons. The van der Waals surface area contributed by atoms with E-state index < -0.39 is 27.1 Å². The molecule has 0 aliphatic carbocycles. The fourth-order valence-corrected chi connectivity index (χ4v) is 2.45. The second-order valence-electron chi connectivity index (χ2n) is 7.62. The van der Waals surface area contributed by atoms with Gasteiger partial charge in [0.15, 0.2) is 5.96 Å². The molecule has 0 aromatic rings. The Morgan fingerprint density at radius 2 is 1.72 bits per heavy atom. The van der Waals surface area contributed by atoms with Crippen LogP contribution in [0.2, 0.25) is 0 Å². The van der Waals surface area contributed by atoms with Crippen LogP contribution in [0.3, 0.4) is 0 Å². The lowest BCUT2D eigenvalue weighted by molar-refractivity contribution is 0.0476. The highest BCUT2D eigenvalue weighted by Crippen LogP contribution is 2.09. The van der Waals surface area contributed by atoms with Gasteiger partial charge >= 0.3 is 6.09 Å². The minimum atomic E-state index is -2.96. The molecule has 0 unspecified atom stereocenters. The quantitative estimate of drug-likeness (QED) is 0.333. The molecule has 0 saturated carbocycles. The van der Waals surface area contributed by atoms with E-state index in [0.29, 0.717) is 32.0 Å². The van der Waals surface area contributed by atoms with E-state index in [1.54, 1.807) is 20.8 Å². The largest absolute Gasteiger partial charge is 0.444 e. The van der Waals surface area contributed by atoms with Gasteiger partial charge in [0, 0.05) is 19.3 Å². The van der Waals surface area contributed by atoms with Crippen molar-refractivity contribution in [2.45, 2.75) is 59.1 Å². The number of ether oxygens (including phenoxy) is 1. The summed E-state index contributed by atoms with van der Waals surface area (Å²) >= 11 is 0. The van der Waals surface area contributed by atoms with Crippen LogP contribution >= 0.6 is 0 Å². The molecule has 0 atom stereocenters. The Morgan fingerprint density at radius 1 is 1.12 bits per heavy atom. The zero-order chi connectivity index (χ0) is 19.7. The summed E-state index contributed by atoms with van der Waals surface area (Å²) in [5.41, 5.74) is -1.14. The standard InChI is InChI=1S/C16H34N4O4S/c1-8-17-13(18-10-9-11-25(7,22)23)19-12-16(5,6)20-14(21)24-15(2,3)4/h8-12H2,1-7H3,(H,20,21)(H2,17,18,19). The van der Waals surface area contributed by atoms with E-state index in [4.69, 9.17) is 4.74 Å². The molecule has 0 bridgehead atoms. The third-order valence-corrected chi connectivity index (χ3v) is 3.83. The predicted octanol–water partition coefficient (Wildman–Crippen LogP) is 1.28. The molecule has 3 N–H and O–H groups in total. The predicted molar refractivity (Wildman–Crippen MR) is 102 cm³/mol. The molecule has 0 aliphatic heterocycles. The molecule has 0 aliphatic rings. The summed E-state index contributed by atoms with van der Waals surface area (Å²) in [6, 6.07) is 0. The van der Waals surface area contributed by atoms with Crippen molar-refractivity contribution in [3.05, 3.63) is 0 Å². The van der Waals surface area contributed by atoms with Gasteiger partial charge in [0.25, 0.3) is 0 Å². The molecule has 0 fully saturated rings. The lowest BCUT2D eigenvalue weighted by Gasteiger charge is -2.27. The van der Waals surface area contributed by atoms with Gasteiger partial charge in [0.05, 0.1) is 17.8 Å². The maximum atomic E-state index is 11.9. The highest BCUT2D eigenvalue weighted by molar-refractivity contribution is 7.90. The molecule has 0 radical (unpaired) electrons. The van der Waals surface area contributed by atoms with Gasteiger partial charge in [-0.25, -0.2) is 13.2 Å². The summed E-state index contributed by atoms with van der Waals surface area (Å²) in [6.45, 7) is 12.6. The number of guanidine groups is 1. The van der Waals surface area contributed by atoms with Crippen LogP contribution in [-0.4, -0.2) is 63.3 Å². The molecule has 25 heavy (non-hydrogen) atoms. The van der Waals surface area contributed by atoms with E-state index in [-0.39, 0.29) is 5.75 Å². The number of nitrogens with one attached hydrogen (secondary N) is 3. The van der Waals surface area contributed by atoms with Gasteiger partial charge in [-0.3, -0.25) is 4.99 Å². The number of carbonyl (C=O) groups is 1. The summed E-state index contributed by atoms with van der Waals surface area (Å²) in [5.74, 6) is 0.709. The van der Waals surface area contributed by atoms with E-state index >= 15 is 0 Å². The number of hydrogen-bond acceptors (Lipinski definition) is 5. The number of aliphatic imine (C=N–C) groups is 1. The molecule has 1 amide bonds. The first-order valence-corrected chi connectivity index (χ1v) is 10.5. The lowest BCUT2D eigenvalue weighted by atomic mass is 10.1. The fraction of sp³-hybridized carbons (Fsp3) is 0.875. The van der Waals surface area contributed by atoms with Crippen molar-refractivity contribution < 1.29 is 17.9 Å². The first kappa shape index (κ1) is 23.5. The van der Waals surface area contributed by atoms with E-state index in [1.165, 1.54) is 6.26 Å². The molecular formula is C16H34N4O4S. The zero-order valence-electron chi connectivity index (χ0n) is 16.5. The second-order valence-corrected chi connectivity index (χ2v) is 9.88. The van der Waals surface area contributed by atoms with E-state index in [2.05, 4.69) is 20.9 Å². The van der Waals surface area contributed by atoms with Crippen LogP contribution in [0, 0.1) is 0 Å². The van der Waals surface area contributed by atoms with Crippen LogP contribution < -0.4 is 16.0 Å². The molecule has 0 aromatic carbocycles. The van der Waals surface area contributed by atoms with Crippen molar-refractivity contribution in [2.75, 3.05) is 31.6 Å². The van der Waals surface area contributed by atoms with Crippen LogP contribution in [0.1, 0.15) is 48.0 Å². The van der Waals surface area contributed by atoms with Gasteiger partial charge in [-0.1, -0.05) is 0 Å². The first-order chi connectivity index (χ1) is 11.2. The van der Waals surface area contributed by atoms with Crippen molar-refractivity contribution >= 4 is 21.9 Å². The highest BCUT2D eigenvalue weighted by atomic mass is 32.2. The Kier molecular flexibility index (Phi) is 9.24. The molecule has 9 heteroatoms. The smallest absolute Gasteiger partial charge is 0.408 e. The molecule has 0 heterocycles. The molecule has 0 spiro atoms. The SMILES string of the molecule is CCNC(=NCC(C)(C)NC(=O)OC(C)(C)C)NCCCS(C)(=O)=O. The summed E-state index contributed by atoms with van der Waals surface area (Å²) in [5, 5.41) is 8.97. The number of amides is 1. The van der Waals surface area contributed by atoms with Gasteiger partial charge in [0.1, 0.15) is 15.4 Å². The van der Waals surface area contributed by atoms with Crippen molar-refractivity contribution in [1.29, 1.82) is 0 Å². The van der Waals surface area contributed by atoms with Crippen molar-refractivity contribution in [1.82, 2.24) is 16.0 Å². The maximum Gasteiger partial charge on any atom is 0.408 e. The van der Waals surface area contributed by atoms with E-state index in [1.807, 2.05) is 20.8 Å². The summed E-state index contributed by atoms with van der Waals surface area (Å²) in [4.78, 5) is 16.3. The molecule has 8 nitrogen and oxygen atoms in total. The molecule has 0 rings (SSSR count). The average molecular weight is 379 g/mol. The first-order valence-electron chi connectivity index (χ1n) is 8.45. The second kappa shape index (κ2) is 9.84. The van der Waals surface area contributed by atoms with Gasteiger partial charge in [0.2, 0.25) is 0 Å². The lowest BCUT2D eigenvalue weighted by Crippen LogP contribution is -2.49. The number of sulfone groups is 1. The maximum absolute atomic E-state index is 11.9. The zero-order valence-corrected chi connectivity index (χ0v) is 17.3. The average Bonchev–Trinajstić information content (AvgIpc) is 2.36. The Bertz CT molecular complexity index is 551. The van der Waals surface area contributed by atoms with Gasteiger partial charge in [-0.05, 0) is 48.0 Å². The molecule has 0 saturated heterocycles. The van der Waals surface area contributed by atoms with Crippen molar-refractivity contribution in [3.63, 3.8) is 0 Å². The summed E-state index contributed by atoms with van der Waals surface area (Å²) in [7, 11) is -2.96. The number of rotatable bonds is 8. The van der Waals surface area contributed by atoms with Gasteiger partial charge in [-0.15, -0.1) is 0 Å². The summed E-state index contributed by atoms with van der Waals surface area (Å²) < 4.78 is 27.5. The van der Waals surface area contributed by atoms with Crippen LogP contribution in [0.5, 0.6) is 0 Å². The van der Waals surface area contributed by atoms with Gasteiger partial charge < -0.3 is 20.7 Å². The van der Waals surface area contributed by atoms with Crippen LogP contribution in [0.15, 0.2) is 4.99 Å². The minimum Gasteiger partial charge on any atom is -0.444 e. The topological polar surface area (TPSA) is 109 Å². The van der Waals surface area contributed by atoms with Crippen molar-refractivity contribution in [3.8, 4) is 0 Å². The fourth-order valence-electron chi connectivity index (χ4n) is 1.78.